The molecule has 6 heteroatoms. The van der Waals surface area contributed by atoms with Gasteiger partial charge < -0.3 is 5.11 Å². The fourth-order valence-electron chi connectivity index (χ4n) is 0.991. The van der Waals surface area contributed by atoms with Crippen LogP contribution >= 0.6 is 24.0 Å². The summed E-state index contributed by atoms with van der Waals surface area (Å²) >= 11 is 6.16. The normalized spacial score (nSPS) is 19.5. The van der Waals surface area contributed by atoms with E-state index in [1.807, 2.05) is 0 Å². The number of thiocarbonyl (C=S) groups is 1. The van der Waals surface area contributed by atoms with Crippen molar-refractivity contribution in [2.45, 2.75) is 13.3 Å². The summed E-state index contributed by atoms with van der Waals surface area (Å²) in [6.07, 6.45) is 1.60. The van der Waals surface area contributed by atoms with Crippen LogP contribution in [0.15, 0.2) is 11.0 Å². The minimum Gasteiger partial charge on any atom is -0.481 e. The van der Waals surface area contributed by atoms with Gasteiger partial charge in [0.1, 0.15) is 4.32 Å². The van der Waals surface area contributed by atoms with Crippen LogP contribution in [0.1, 0.15) is 13.3 Å². The summed E-state index contributed by atoms with van der Waals surface area (Å²) < 4.78 is 0.435. The zero-order chi connectivity index (χ0) is 10.7. The second kappa shape index (κ2) is 4.56. The predicted octanol–water partition coefficient (Wildman–Crippen LogP) is 1.23. The second-order valence-corrected chi connectivity index (χ2v) is 4.30. The van der Waals surface area contributed by atoms with Crippen LogP contribution in [0.5, 0.6) is 0 Å². The second-order valence-electron chi connectivity index (χ2n) is 2.62. The molecular formula is C8H9NO3S2. The molecule has 0 saturated carbocycles. The molecule has 0 radical (unpaired) electrons. The molecule has 1 amide bonds. The van der Waals surface area contributed by atoms with Crippen LogP contribution in [-0.4, -0.2) is 32.7 Å². The minimum atomic E-state index is -0.931. The van der Waals surface area contributed by atoms with Crippen LogP contribution in [0, 0.1) is 0 Å². The molecule has 0 aromatic heterocycles. The molecule has 1 heterocycles. The van der Waals surface area contributed by atoms with E-state index in [-0.39, 0.29) is 18.9 Å². The van der Waals surface area contributed by atoms with E-state index in [1.165, 1.54) is 16.7 Å². The maximum atomic E-state index is 11.5. The monoisotopic (exact) mass is 231 g/mol. The maximum Gasteiger partial charge on any atom is 0.305 e. The van der Waals surface area contributed by atoms with Gasteiger partial charge >= 0.3 is 5.97 Å². The zero-order valence-corrected chi connectivity index (χ0v) is 9.15. The third kappa shape index (κ3) is 2.33. The Hall–Kier alpha value is -0.880. The van der Waals surface area contributed by atoms with Crippen molar-refractivity contribution in [2.75, 3.05) is 6.54 Å². The molecule has 0 unspecified atom stereocenters. The zero-order valence-electron chi connectivity index (χ0n) is 7.52. The topological polar surface area (TPSA) is 57.6 Å². The first kappa shape index (κ1) is 11.2. The van der Waals surface area contributed by atoms with E-state index in [0.717, 1.165) is 0 Å². The maximum absolute atomic E-state index is 11.5. The molecule has 0 aliphatic carbocycles. The van der Waals surface area contributed by atoms with Crippen molar-refractivity contribution in [3.05, 3.63) is 11.0 Å². The first-order chi connectivity index (χ1) is 6.56. The highest BCUT2D eigenvalue weighted by Gasteiger charge is 2.31. The lowest BCUT2D eigenvalue weighted by atomic mass is 10.4. The van der Waals surface area contributed by atoms with Crippen LogP contribution in [0.3, 0.4) is 0 Å². The molecule has 76 valence electrons. The van der Waals surface area contributed by atoms with E-state index in [1.54, 1.807) is 13.0 Å². The summed E-state index contributed by atoms with van der Waals surface area (Å²) in [7, 11) is 0. The first-order valence-corrected chi connectivity index (χ1v) is 5.20. The number of thioether (sulfide) groups is 1. The van der Waals surface area contributed by atoms with Gasteiger partial charge in [0.2, 0.25) is 0 Å². The molecule has 14 heavy (non-hydrogen) atoms. The van der Waals surface area contributed by atoms with Crippen LogP contribution < -0.4 is 0 Å². The summed E-state index contributed by atoms with van der Waals surface area (Å²) in [6, 6.07) is 0. The largest absolute Gasteiger partial charge is 0.481 e. The van der Waals surface area contributed by atoms with Crippen molar-refractivity contribution in [1.29, 1.82) is 0 Å². The first-order valence-electron chi connectivity index (χ1n) is 3.98. The van der Waals surface area contributed by atoms with Crippen LogP contribution in [0.25, 0.3) is 0 Å². The van der Waals surface area contributed by atoms with Gasteiger partial charge in [-0.2, -0.15) is 0 Å². The molecule has 0 atom stereocenters. The summed E-state index contributed by atoms with van der Waals surface area (Å²) in [5.74, 6) is -1.12. The van der Waals surface area contributed by atoms with E-state index in [4.69, 9.17) is 17.3 Å². The van der Waals surface area contributed by atoms with Gasteiger partial charge in [0.25, 0.3) is 5.91 Å². The van der Waals surface area contributed by atoms with Crippen LogP contribution in [0.4, 0.5) is 0 Å². The molecule has 1 saturated heterocycles. The number of allylic oxidation sites excluding steroid dienone is 1. The Kier molecular flexibility index (Phi) is 3.65. The molecule has 1 fully saturated rings. The number of aliphatic carboxylic acids is 1. The van der Waals surface area contributed by atoms with Crippen molar-refractivity contribution in [2.24, 2.45) is 0 Å². The number of amides is 1. The number of nitrogens with zero attached hydrogens (tertiary/aromatic N) is 1. The highest BCUT2D eigenvalue weighted by atomic mass is 32.2. The van der Waals surface area contributed by atoms with E-state index in [0.29, 0.717) is 9.23 Å². The van der Waals surface area contributed by atoms with Gasteiger partial charge in [-0.05, 0) is 6.92 Å². The Morgan fingerprint density at radius 1 is 1.71 bits per heavy atom. The van der Waals surface area contributed by atoms with Gasteiger partial charge in [-0.3, -0.25) is 14.5 Å². The molecule has 0 aromatic carbocycles. The van der Waals surface area contributed by atoms with Crippen molar-refractivity contribution in [3.8, 4) is 0 Å². The third-order valence-corrected chi connectivity index (χ3v) is 3.18. The Balaban J connectivity index is 2.66. The van der Waals surface area contributed by atoms with Crippen LogP contribution in [0.2, 0.25) is 0 Å². The van der Waals surface area contributed by atoms with E-state index in [2.05, 4.69) is 0 Å². The average molecular weight is 231 g/mol. The van der Waals surface area contributed by atoms with E-state index >= 15 is 0 Å². The highest BCUT2D eigenvalue weighted by molar-refractivity contribution is 8.26. The molecule has 1 rings (SSSR count). The molecular weight excluding hydrogens is 222 g/mol. The van der Waals surface area contributed by atoms with Crippen molar-refractivity contribution in [1.82, 2.24) is 4.90 Å². The third-order valence-electron chi connectivity index (χ3n) is 1.69. The minimum absolute atomic E-state index is 0.0799. The van der Waals surface area contributed by atoms with Gasteiger partial charge in [0.05, 0.1) is 11.3 Å². The van der Waals surface area contributed by atoms with Gasteiger partial charge in [-0.15, -0.1) is 0 Å². The summed E-state index contributed by atoms with van der Waals surface area (Å²) in [4.78, 5) is 23.7. The van der Waals surface area contributed by atoms with E-state index in [9.17, 15) is 9.59 Å². The fraction of sp³-hybridized carbons (Fsp3) is 0.375. The summed E-state index contributed by atoms with van der Waals surface area (Å²) in [6.45, 7) is 1.90. The fourth-order valence-corrected chi connectivity index (χ4v) is 2.22. The average Bonchev–Trinajstić information content (AvgIpc) is 2.39. The van der Waals surface area contributed by atoms with Gasteiger partial charge in [-0.25, -0.2) is 0 Å². The number of carbonyl (C=O) groups excluding carboxylic acids is 1. The molecule has 4 nitrogen and oxygen atoms in total. The van der Waals surface area contributed by atoms with Crippen LogP contribution in [-0.2, 0) is 9.59 Å². The molecule has 0 aromatic rings. The lowest BCUT2D eigenvalue weighted by Crippen LogP contribution is -2.30. The number of hydrogen-bond acceptors (Lipinski definition) is 4. The Bertz CT molecular complexity index is 325. The lowest BCUT2D eigenvalue weighted by Gasteiger charge is -2.11. The molecule has 0 spiro atoms. The Morgan fingerprint density at radius 3 is 2.79 bits per heavy atom. The Labute approximate surface area is 91.0 Å². The highest BCUT2D eigenvalue weighted by Crippen LogP contribution is 2.30. The van der Waals surface area contributed by atoms with Gasteiger partial charge in [0.15, 0.2) is 0 Å². The van der Waals surface area contributed by atoms with Gasteiger partial charge in [0, 0.05) is 6.54 Å². The summed E-state index contributed by atoms with van der Waals surface area (Å²) in [5, 5.41) is 8.47. The van der Waals surface area contributed by atoms with Crippen molar-refractivity contribution >= 4 is 40.2 Å². The number of hydrogen-bond donors (Lipinski definition) is 1. The number of carboxylic acids is 1. The van der Waals surface area contributed by atoms with Crippen molar-refractivity contribution in [3.63, 3.8) is 0 Å². The lowest BCUT2D eigenvalue weighted by molar-refractivity contribution is -0.137. The molecule has 1 N–H and O–H groups in total. The Morgan fingerprint density at radius 2 is 2.36 bits per heavy atom. The van der Waals surface area contributed by atoms with E-state index < -0.39 is 5.97 Å². The number of carbonyl (C=O) groups is 2. The predicted molar refractivity (Wildman–Crippen MR) is 57.9 cm³/mol. The SMILES string of the molecule is C/C=C1/SC(=S)N(CCC(=O)O)C1=O. The number of carboxylic acid groups (broad SMARTS) is 1. The van der Waals surface area contributed by atoms with Crippen molar-refractivity contribution < 1.29 is 14.7 Å². The standard InChI is InChI=1S/C8H9NO3S2/c1-2-5-7(12)9(8(13)14-5)4-3-6(10)11/h2H,3-4H2,1H3,(H,10,11)/b5-2+. The van der Waals surface area contributed by atoms with Gasteiger partial charge in [-0.1, -0.05) is 30.1 Å². The molecule has 1 aliphatic rings. The quantitative estimate of drug-likeness (QED) is 0.584. The smallest absolute Gasteiger partial charge is 0.305 e. The molecule has 1 aliphatic heterocycles. The number of rotatable bonds is 3. The summed E-state index contributed by atoms with van der Waals surface area (Å²) in [5.41, 5.74) is 0. The molecule has 0 bridgehead atoms.